The zero-order valence-corrected chi connectivity index (χ0v) is 13.1. The quantitative estimate of drug-likeness (QED) is 0.820. The molecule has 2 rings (SSSR count). The summed E-state index contributed by atoms with van der Waals surface area (Å²) in [5, 5.41) is 2.92. The van der Waals surface area contributed by atoms with Gasteiger partial charge in [0.25, 0.3) is 5.91 Å². The van der Waals surface area contributed by atoms with Gasteiger partial charge in [0.1, 0.15) is 5.75 Å². The Labute approximate surface area is 131 Å². The largest absolute Gasteiger partial charge is 0.479 e. The second kappa shape index (κ2) is 7.82. The number of hydrogen-bond donors (Lipinski definition) is 1. The second-order valence-electron chi connectivity index (χ2n) is 5.64. The first-order chi connectivity index (χ1) is 10.6. The molecule has 1 saturated carbocycles. The molecule has 5 heteroatoms. The van der Waals surface area contributed by atoms with Gasteiger partial charge in [-0.3, -0.25) is 4.79 Å². The zero-order chi connectivity index (χ0) is 15.9. The van der Waals surface area contributed by atoms with Crippen LogP contribution < -0.4 is 10.1 Å². The minimum Gasteiger partial charge on any atom is -0.479 e. The van der Waals surface area contributed by atoms with Crippen molar-refractivity contribution in [1.82, 2.24) is 5.32 Å². The summed E-state index contributed by atoms with van der Waals surface area (Å²) in [7, 11) is 0. The summed E-state index contributed by atoms with van der Waals surface area (Å²) in [5.41, 5.74) is 0. The minimum atomic E-state index is -0.810. The fourth-order valence-electron chi connectivity index (χ4n) is 2.46. The van der Waals surface area contributed by atoms with Gasteiger partial charge in [-0.25, -0.2) is 4.79 Å². The molecule has 1 aromatic rings. The van der Waals surface area contributed by atoms with Crippen molar-refractivity contribution in [2.45, 2.75) is 57.8 Å². The van der Waals surface area contributed by atoms with Gasteiger partial charge in [0.2, 0.25) is 0 Å². The van der Waals surface area contributed by atoms with Gasteiger partial charge in [0.15, 0.2) is 12.2 Å². The Hall–Kier alpha value is -2.04. The summed E-state index contributed by atoms with van der Waals surface area (Å²) in [5.74, 6) is -0.194. The van der Waals surface area contributed by atoms with Crippen molar-refractivity contribution in [2.75, 3.05) is 0 Å². The monoisotopic (exact) mass is 305 g/mol. The molecule has 2 atom stereocenters. The van der Waals surface area contributed by atoms with Gasteiger partial charge in [-0.2, -0.15) is 0 Å². The van der Waals surface area contributed by atoms with Gasteiger partial charge in [-0.15, -0.1) is 0 Å². The average molecular weight is 305 g/mol. The predicted molar refractivity (Wildman–Crippen MR) is 82.5 cm³/mol. The van der Waals surface area contributed by atoms with Gasteiger partial charge < -0.3 is 14.8 Å². The number of para-hydroxylation sites is 1. The Bertz CT molecular complexity index is 497. The van der Waals surface area contributed by atoms with Crippen molar-refractivity contribution < 1.29 is 19.1 Å². The molecule has 22 heavy (non-hydrogen) atoms. The lowest BCUT2D eigenvalue weighted by Gasteiger charge is -2.19. The summed E-state index contributed by atoms with van der Waals surface area (Å²) >= 11 is 0. The molecule has 120 valence electrons. The Morgan fingerprint density at radius 3 is 2.36 bits per heavy atom. The van der Waals surface area contributed by atoms with Gasteiger partial charge in [0.05, 0.1) is 0 Å². The molecule has 1 aliphatic carbocycles. The highest BCUT2D eigenvalue weighted by Gasteiger charge is 2.25. The van der Waals surface area contributed by atoms with Crippen LogP contribution in [0.25, 0.3) is 0 Å². The number of esters is 1. The zero-order valence-electron chi connectivity index (χ0n) is 13.1. The van der Waals surface area contributed by atoms with Crippen LogP contribution in [0.1, 0.15) is 39.5 Å². The Morgan fingerprint density at radius 2 is 1.73 bits per heavy atom. The highest BCUT2D eigenvalue weighted by molar-refractivity contribution is 5.84. The third kappa shape index (κ3) is 4.76. The molecule has 1 fully saturated rings. The molecule has 1 aromatic carbocycles. The topological polar surface area (TPSA) is 64.6 Å². The van der Waals surface area contributed by atoms with Crippen LogP contribution in [-0.2, 0) is 14.3 Å². The molecule has 0 saturated heterocycles. The molecule has 0 heterocycles. The lowest BCUT2D eigenvalue weighted by Crippen LogP contribution is -2.42. The molecule has 0 aliphatic heterocycles. The first kappa shape index (κ1) is 16.3. The highest BCUT2D eigenvalue weighted by atomic mass is 16.6. The minimum absolute atomic E-state index is 0.214. The maximum atomic E-state index is 12.0. The van der Waals surface area contributed by atoms with Crippen molar-refractivity contribution in [3.63, 3.8) is 0 Å². The van der Waals surface area contributed by atoms with Gasteiger partial charge in [-0.05, 0) is 38.8 Å². The molecule has 1 aliphatic rings. The van der Waals surface area contributed by atoms with E-state index in [0.29, 0.717) is 5.75 Å². The van der Waals surface area contributed by atoms with Crippen LogP contribution in [0, 0.1) is 0 Å². The third-order valence-electron chi connectivity index (χ3n) is 3.75. The maximum absolute atomic E-state index is 12.0. The van der Waals surface area contributed by atoms with Crippen LogP contribution in [0.4, 0.5) is 0 Å². The molecule has 0 radical (unpaired) electrons. The van der Waals surface area contributed by atoms with E-state index in [4.69, 9.17) is 9.47 Å². The lowest BCUT2D eigenvalue weighted by atomic mass is 10.2. The van der Waals surface area contributed by atoms with Crippen molar-refractivity contribution in [1.29, 1.82) is 0 Å². The third-order valence-corrected chi connectivity index (χ3v) is 3.75. The van der Waals surface area contributed by atoms with E-state index in [1.54, 1.807) is 26.0 Å². The molecular formula is C17H23NO4. The van der Waals surface area contributed by atoms with Gasteiger partial charge in [-0.1, -0.05) is 31.0 Å². The Balaban J connectivity index is 1.78. The van der Waals surface area contributed by atoms with Crippen molar-refractivity contribution >= 4 is 11.9 Å². The van der Waals surface area contributed by atoms with E-state index in [0.717, 1.165) is 25.7 Å². The summed E-state index contributed by atoms with van der Waals surface area (Å²) < 4.78 is 10.7. The van der Waals surface area contributed by atoms with Crippen molar-refractivity contribution in [2.24, 2.45) is 0 Å². The van der Waals surface area contributed by atoms with E-state index < -0.39 is 18.2 Å². The normalized spacial score (nSPS) is 17.5. The fourth-order valence-corrected chi connectivity index (χ4v) is 2.46. The van der Waals surface area contributed by atoms with E-state index in [-0.39, 0.29) is 11.9 Å². The molecule has 1 N–H and O–H groups in total. The number of amides is 1. The maximum Gasteiger partial charge on any atom is 0.347 e. The lowest BCUT2D eigenvalue weighted by molar-refractivity contribution is -0.161. The van der Waals surface area contributed by atoms with Crippen LogP contribution in [0.2, 0.25) is 0 Å². The highest BCUT2D eigenvalue weighted by Crippen LogP contribution is 2.18. The van der Waals surface area contributed by atoms with Gasteiger partial charge >= 0.3 is 5.97 Å². The summed E-state index contributed by atoms with van der Waals surface area (Å²) in [6, 6.07) is 9.26. The van der Waals surface area contributed by atoms with Crippen LogP contribution in [0.5, 0.6) is 5.75 Å². The summed E-state index contributed by atoms with van der Waals surface area (Å²) in [6.07, 6.45) is 2.71. The van der Waals surface area contributed by atoms with Crippen LogP contribution >= 0.6 is 0 Å². The predicted octanol–water partition coefficient (Wildman–Crippen LogP) is 2.44. The molecule has 0 aromatic heterocycles. The number of carbonyl (C=O) groups is 2. The smallest absolute Gasteiger partial charge is 0.347 e. The molecule has 5 nitrogen and oxygen atoms in total. The van der Waals surface area contributed by atoms with Crippen LogP contribution in [-0.4, -0.2) is 30.1 Å². The number of nitrogens with one attached hydrogen (secondary N) is 1. The standard InChI is InChI=1S/C17H23NO4/c1-12(16(19)18-14-8-6-7-9-14)22-17(20)13(2)21-15-10-4-3-5-11-15/h3-5,10-14H,6-9H2,1-2H3,(H,18,19). The van der Waals surface area contributed by atoms with E-state index in [1.807, 2.05) is 18.2 Å². The second-order valence-corrected chi connectivity index (χ2v) is 5.64. The Kier molecular flexibility index (Phi) is 5.81. The first-order valence-electron chi connectivity index (χ1n) is 7.79. The van der Waals surface area contributed by atoms with Crippen LogP contribution in [0.3, 0.4) is 0 Å². The Morgan fingerprint density at radius 1 is 1.09 bits per heavy atom. The van der Waals surface area contributed by atoms with E-state index >= 15 is 0 Å². The number of carbonyl (C=O) groups excluding carboxylic acids is 2. The number of hydrogen-bond acceptors (Lipinski definition) is 4. The van der Waals surface area contributed by atoms with Crippen molar-refractivity contribution in [3.05, 3.63) is 30.3 Å². The van der Waals surface area contributed by atoms with Gasteiger partial charge in [0, 0.05) is 6.04 Å². The average Bonchev–Trinajstić information content (AvgIpc) is 3.01. The fraction of sp³-hybridized carbons (Fsp3) is 0.529. The van der Waals surface area contributed by atoms with E-state index in [2.05, 4.69) is 5.32 Å². The summed E-state index contributed by atoms with van der Waals surface area (Å²) in [4.78, 5) is 24.0. The molecule has 0 spiro atoms. The van der Waals surface area contributed by atoms with Crippen LogP contribution in [0.15, 0.2) is 30.3 Å². The number of rotatable bonds is 6. The molecule has 1 amide bonds. The number of ether oxygens (including phenoxy) is 2. The molecular weight excluding hydrogens is 282 g/mol. The van der Waals surface area contributed by atoms with E-state index in [1.165, 1.54) is 0 Å². The van der Waals surface area contributed by atoms with E-state index in [9.17, 15) is 9.59 Å². The number of benzene rings is 1. The SMILES string of the molecule is CC(OC(=O)C(C)Oc1ccccc1)C(=O)NC1CCCC1. The summed E-state index contributed by atoms with van der Waals surface area (Å²) in [6.45, 7) is 3.19. The van der Waals surface area contributed by atoms with Crippen molar-refractivity contribution in [3.8, 4) is 5.75 Å². The molecule has 2 unspecified atom stereocenters. The first-order valence-corrected chi connectivity index (χ1v) is 7.79. The molecule has 0 bridgehead atoms.